The third-order valence-electron chi connectivity index (χ3n) is 3.15. The topological polar surface area (TPSA) is 55.1 Å². The van der Waals surface area contributed by atoms with Gasteiger partial charge in [-0.1, -0.05) is 30.3 Å². The van der Waals surface area contributed by atoms with Crippen LogP contribution in [0.1, 0.15) is 27.0 Å². The second-order valence-corrected chi connectivity index (χ2v) is 4.69. The predicted octanol–water partition coefficient (Wildman–Crippen LogP) is 2.82. The van der Waals surface area contributed by atoms with Crippen LogP contribution >= 0.6 is 0 Å². The molecule has 2 aromatic carbocycles. The van der Waals surface area contributed by atoms with Gasteiger partial charge in [-0.05, 0) is 42.7 Å². The summed E-state index contributed by atoms with van der Waals surface area (Å²) in [4.78, 5) is 12.1. The first-order valence-corrected chi connectivity index (χ1v) is 6.27. The van der Waals surface area contributed by atoms with Crippen molar-refractivity contribution >= 4 is 11.6 Å². The number of amides is 1. The molecule has 2 aromatic rings. The van der Waals surface area contributed by atoms with Gasteiger partial charge in [0, 0.05) is 17.8 Å². The Bertz CT molecular complexity index is 568. The van der Waals surface area contributed by atoms with Crippen LogP contribution in [0.2, 0.25) is 0 Å². The molecule has 3 nitrogen and oxygen atoms in total. The molecule has 0 aromatic heterocycles. The van der Waals surface area contributed by atoms with Crippen molar-refractivity contribution in [3.8, 4) is 0 Å². The standard InChI is InChI=1S/C16H18N2O/c1-11-8-14(9-12(2)15(11)17)16(19)18-10-13-6-4-3-5-7-13/h3-9H,10,17H2,1-2H3,(H,18,19). The van der Waals surface area contributed by atoms with Gasteiger partial charge in [-0.25, -0.2) is 0 Å². The van der Waals surface area contributed by atoms with Gasteiger partial charge < -0.3 is 11.1 Å². The SMILES string of the molecule is Cc1cc(C(=O)NCc2ccccc2)cc(C)c1N. The normalized spacial score (nSPS) is 10.2. The number of nitrogen functional groups attached to an aromatic ring is 1. The van der Waals surface area contributed by atoms with Crippen LogP contribution in [-0.2, 0) is 6.54 Å². The van der Waals surface area contributed by atoms with Crippen LogP contribution < -0.4 is 11.1 Å². The van der Waals surface area contributed by atoms with Gasteiger partial charge in [0.2, 0.25) is 0 Å². The predicted molar refractivity (Wildman–Crippen MR) is 77.9 cm³/mol. The molecule has 0 fully saturated rings. The van der Waals surface area contributed by atoms with Crippen LogP contribution in [0, 0.1) is 13.8 Å². The van der Waals surface area contributed by atoms with Crippen LogP contribution in [0.15, 0.2) is 42.5 Å². The number of carbonyl (C=O) groups excluding carboxylic acids is 1. The Morgan fingerprint density at radius 3 is 2.26 bits per heavy atom. The van der Waals surface area contributed by atoms with Crippen molar-refractivity contribution in [1.29, 1.82) is 0 Å². The summed E-state index contributed by atoms with van der Waals surface area (Å²) in [6.45, 7) is 4.36. The summed E-state index contributed by atoms with van der Waals surface area (Å²) in [5.74, 6) is -0.0740. The number of nitrogens with one attached hydrogen (secondary N) is 1. The van der Waals surface area contributed by atoms with Crippen molar-refractivity contribution < 1.29 is 4.79 Å². The fourth-order valence-electron chi connectivity index (χ4n) is 1.99. The fraction of sp³-hybridized carbons (Fsp3) is 0.188. The average Bonchev–Trinajstić information content (AvgIpc) is 2.42. The van der Waals surface area contributed by atoms with Crippen LogP contribution in [-0.4, -0.2) is 5.91 Å². The van der Waals surface area contributed by atoms with Crippen molar-refractivity contribution in [1.82, 2.24) is 5.32 Å². The summed E-state index contributed by atoms with van der Waals surface area (Å²) >= 11 is 0. The van der Waals surface area contributed by atoms with Crippen LogP contribution in [0.4, 0.5) is 5.69 Å². The molecule has 0 bridgehead atoms. The second kappa shape index (κ2) is 5.57. The van der Waals surface area contributed by atoms with Crippen molar-refractivity contribution in [2.75, 3.05) is 5.73 Å². The van der Waals surface area contributed by atoms with E-state index in [0.29, 0.717) is 12.1 Å². The smallest absolute Gasteiger partial charge is 0.251 e. The molecule has 0 atom stereocenters. The number of anilines is 1. The van der Waals surface area contributed by atoms with Crippen molar-refractivity contribution in [2.24, 2.45) is 0 Å². The third kappa shape index (κ3) is 3.13. The molecule has 0 spiro atoms. The molecule has 0 aliphatic rings. The summed E-state index contributed by atoms with van der Waals surface area (Å²) in [5, 5.41) is 2.91. The maximum atomic E-state index is 12.1. The lowest BCUT2D eigenvalue weighted by molar-refractivity contribution is 0.0951. The van der Waals surface area contributed by atoms with Gasteiger partial charge >= 0.3 is 0 Å². The zero-order valence-electron chi connectivity index (χ0n) is 11.2. The highest BCUT2D eigenvalue weighted by Crippen LogP contribution is 2.18. The lowest BCUT2D eigenvalue weighted by Gasteiger charge is -2.09. The molecule has 3 N–H and O–H groups in total. The summed E-state index contributed by atoms with van der Waals surface area (Å²) in [7, 11) is 0. The summed E-state index contributed by atoms with van der Waals surface area (Å²) in [5.41, 5.74) is 10.2. The van der Waals surface area contributed by atoms with Gasteiger partial charge in [0.05, 0.1) is 0 Å². The second-order valence-electron chi connectivity index (χ2n) is 4.69. The number of hydrogen-bond donors (Lipinski definition) is 2. The molecule has 0 saturated carbocycles. The average molecular weight is 254 g/mol. The number of benzene rings is 2. The third-order valence-corrected chi connectivity index (χ3v) is 3.15. The lowest BCUT2D eigenvalue weighted by Crippen LogP contribution is -2.23. The molecule has 0 heterocycles. The van der Waals surface area contributed by atoms with Gasteiger partial charge in [0.15, 0.2) is 0 Å². The van der Waals surface area contributed by atoms with Crippen molar-refractivity contribution in [2.45, 2.75) is 20.4 Å². The number of rotatable bonds is 3. The number of aryl methyl sites for hydroxylation is 2. The van der Waals surface area contributed by atoms with Gasteiger partial charge in [-0.2, -0.15) is 0 Å². The highest BCUT2D eigenvalue weighted by Gasteiger charge is 2.08. The minimum absolute atomic E-state index is 0.0740. The van der Waals surface area contributed by atoms with Gasteiger partial charge in [0.25, 0.3) is 5.91 Å². The van der Waals surface area contributed by atoms with E-state index >= 15 is 0 Å². The van der Waals surface area contributed by atoms with E-state index in [1.807, 2.05) is 56.3 Å². The molecule has 1 amide bonds. The Kier molecular flexibility index (Phi) is 3.85. The Labute approximate surface area is 113 Å². The lowest BCUT2D eigenvalue weighted by atomic mass is 10.0. The largest absolute Gasteiger partial charge is 0.398 e. The van der Waals surface area contributed by atoms with E-state index in [4.69, 9.17) is 5.73 Å². The molecule has 0 aliphatic heterocycles. The Balaban J connectivity index is 2.08. The van der Waals surface area contributed by atoms with E-state index < -0.39 is 0 Å². The summed E-state index contributed by atoms with van der Waals surface area (Å²) in [6.07, 6.45) is 0. The molecule has 3 heteroatoms. The van der Waals surface area contributed by atoms with E-state index in [0.717, 1.165) is 22.4 Å². The van der Waals surface area contributed by atoms with Crippen molar-refractivity contribution in [3.05, 3.63) is 64.7 Å². The van der Waals surface area contributed by atoms with E-state index in [9.17, 15) is 4.79 Å². The molecule has 0 saturated heterocycles. The first-order chi connectivity index (χ1) is 9.08. The van der Waals surface area contributed by atoms with Gasteiger partial charge in [-0.3, -0.25) is 4.79 Å². The van der Waals surface area contributed by atoms with E-state index in [1.165, 1.54) is 0 Å². The molecular formula is C16H18N2O. The molecular weight excluding hydrogens is 236 g/mol. The highest BCUT2D eigenvalue weighted by molar-refractivity contribution is 5.95. The maximum absolute atomic E-state index is 12.1. The summed E-state index contributed by atoms with van der Waals surface area (Å²) < 4.78 is 0. The van der Waals surface area contributed by atoms with Crippen LogP contribution in [0.5, 0.6) is 0 Å². The van der Waals surface area contributed by atoms with Gasteiger partial charge in [-0.15, -0.1) is 0 Å². The Morgan fingerprint density at radius 1 is 1.11 bits per heavy atom. The highest BCUT2D eigenvalue weighted by atomic mass is 16.1. The molecule has 2 rings (SSSR count). The molecule has 0 aliphatic carbocycles. The Hall–Kier alpha value is -2.29. The minimum Gasteiger partial charge on any atom is -0.398 e. The fourth-order valence-corrected chi connectivity index (χ4v) is 1.99. The summed E-state index contributed by atoms with van der Waals surface area (Å²) in [6, 6.07) is 13.5. The van der Waals surface area contributed by atoms with Crippen LogP contribution in [0.25, 0.3) is 0 Å². The van der Waals surface area contributed by atoms with Crippen molar-refractivity contribution in [3.63, 3.8) is 0 Å². The first kappa shape index (κ1) is 13.1. The Morgan fingerprint density at radius 2 is 1.68 bits per heavy atom. The zero-order chi connectivity index (χ0) is 13.8. The minimum atomic E-state index is -0.0740. The van der Waals surface area contributed by atoms with E-state index in [2.05, 4.69) is 5.32 Å². The van der Waals surface area contributed by atoms with E-state index in [-0.39, 0.29) is 5.91 Å². The quantitative estimate of drug-likeness (QED) is 0.827. The van der Waals surface area contributed by atoms with E-state index in [1.54, 1.807) is 0 Å². The molecule has 19 heavy (non-hydrogen) atoms. The number of carbonyl (C=O) groups is 1. The maximum Gasteiger partial charge on any atom is 0.251 e. The zero-order valence-corrected chi connectivity index (χ0v) is 11.2. The van der Waals surface area contributed by atoms with Crippen LogP contribution in [0.3, 0.4) is 0 Å². The first-order valence-electron chi connectivity index (χ1n) is 6.27. The van der Waals surface area contributed by atoms with Gasteiger partial charge in [0.1, 0.15) is 0 Å². The molecule has 0 unspecified atom stereocenters. The monoisotopic (exact) mass is 254 g/mol. The number of hydrogen-bond acceptors (Lipinski definition) is 2. The number of nitrogens with two attached hydrogens (primary N) is 1. The molecule has 0 radical (unpaired) electrons. The molecule has 98 valence electrons.